The molecular formula is C20H29N3O3. The highest BCUT2D eigenvalue weighted by atomic mass is 16.6. The number of benzene rings is 1. The zero-order valence-electron chi connectivity index (χ0n) is 16.4. The van der Waals surface area contributed by atoms with Crippen molar-refractivity contribution in [3.8, 4) is 0 Å². The van der Waals surface area contributed by atoms with Gasteiger partial charge in [-0.1, -0.05) is 19.9 Å². The van der Waals surface area contributed by atoms with Crippen LogP contribution in [0.25, 0.3) is 11.0 Å². The average Bonchev–Trinajstić information content (AvgIpc) is 2.99. The molecule has 6 nitrogen and oxygen atoms in total. The van der Waals surface area contributed by atoms with E-state index in [2.05, 4.69) is 43.5 Å². The van der Waals surface area contributed by atoms with Gasteiger partial charge in [0, 0.05) is 19.6 Å². The van der Waals surface area contributed by atoms with Crippen LogP contribution in [0.4, 0.5) is 4.79 Å². The Bertz CT molecular complexity index is 784. The van der Waals surface area contributed by atoms with Gasteiger partial charge in [0.05, 0.1) is 36.3 Å². The molecule has 1 aliphatic heterocycles. The van der Waals surface area contributed by atoms with Gasteiger partial charge in [-0.25, -0.2) is 9.78 Å². The Morgan fingerprint density at radius 3 is 2.81 bits per heavy atom. The standard InChI is InChI=1S/C20H29N3O3/c1-6-26-20(24)22-10-9-17(18(12-22)25-5)23-16-8-7-14(4)11-15(16)21-19(23)13(2)3/h7-8,11,13,17-18H,6,9-10,12H2,1-5H3/t17?,18-/m1/s1. The Morgan fingerprint density at radius 1 is 1.38 bits per heavy atom. The number of amides is 1. The fourth-order valence-corrected chi connectivity index (χ4v) is 3.79. The fourth-order valence-electron chi connectivity index (χ4n) is 3.79. The highest BCUT2D eigenvalue weighted by Gasteiger charge is 2.35. The lowest BCUT2D eigenvalue weighted by Gasteiger charge is -2.38. The maximum absolute atomic E-state index is 12.1. The summed E-state index contributed by atoms with van der Waals surface area (Å²) in [6, 6.07) is 6.55. The van der Waals surface area contributed by atoms with Crippen molar-refractivity contribution in [1.29, 1.82) is 0 Å². The van der Waals surface area contributed by atoms with Crippen molar-refractivity contribution in [2.45, 2.75) is 52.2 Å². The average molecular weight is 359 g/mol. The van der Waals surface area contributed by atoms with E-state index in [9.17, 15) is 4.79 Å². The van der Waals surface area contributed by atoms with Crippen LogP contribution in [0.3, 0.4) is 0 Å². The number of aromatic nitrogens is 2. The molecule has 2 heterocycles. The van der Waals surface area contributed by atoms with E-state index in [0.29, 0.717) is 25.6 Å². The Balaban J connectivity index is 1.97. The van der Waals surface area contributed by atoms with Crippen LogP contribution in [0.2, 0.25) is 0 Å². The second-order valence-corrected chi connectivity index (χ2v) is 7.26. The molecule has 1 aromatic heterocycles. The van der Waals surface area contributed by atoms with Gasteiger partial charge in [-0.2, -0.15) is 0 Å². The number of hydrogen-bond acceptors (Lipinski definition) is 4. The minimum atomic E-state index is -0.261. The van der Waals surface area contributed by atoms with Crippen LogP contribution in [0.5, 0.6) is 0 Å². The van der Waals surface area contributed by atoms with Crippen LogP contribution in [0.1, 0.15) is 50.5 Å². The highest BCUT2D eigenvalue weighted by Crippen LogP contribution is 2.33. The SMILES string of the molecule is CCOC(=O)N1CCC(n2c(C(C)C)nc3cc(C)ccc32)[C@H](OC)C1. The molecule has 1 amide bonds. The first kappa shape index (κ1) is 18.7. The van der Waals surface area contributed by atoms with Crippen LogP contribution in [-0.2, 0) is 9.47 Å². The molecule has 1 saturated heterocycles. The summed E-state index contributed by atoms with van der Waals surface area (Å²) in [5.41, 5.74) is 3.37. The number of nitrogens with zero attached hydrogens (tertiary/aromatic N) is 3. The molecule has 0 bridgehead atoms. The van der Waals surface area contributed by atoms with E-state index in [0.717, 1.165) is 23.3 Å². The second kappa shape index (κ2) is 7.66. The lowest BCUT2D eigenvalue weighted by atomic mass is 10.00. The van der Waals surface area contributed by atoms with Crippen LogP contribution in [-0.4, -0.2) is 53.5 Å². The number of aryl methyl sites for hydroxylation is 1. The van der Waals surface area contributed by atoms with Crippen LogP contribution in [0.15, 0.2) is 18.2 Å². The summed E-state index contributed by atoms with van der Waals surface area (Å²) in [6.45, 7) is 9.82. The Morgan fingerprint density at radius 2 is 2.15 bits per heavy atom. The minimum Gasteiger partial charge on any atom is -0.450 e. The molecule has 0 aliphatic carbocycles. The van der Waals surface area contributed by atoms with Crippen molar-refractivity contribution in [2.24, 2.45) is 0 Å². The lowest BCUT2D eigenvalue weighted by Crippen LogP contribution is -2.48. The van der Waals surface area contributed by atoms with Gasteiger partial charge in [0.25, 0.3) is 0 Å². The van der Waals surface area contributed by atoms with Gasteiger partial charge >= 0.3 is 6.09 Å². The number of piperidine rings is 1. The van der Waals surface area contributed by atoms with E-state index < -0.39 is 0 Å². The summed E-state index contributed by atoms with van der Waals surface area (Å²) >= 11 is 0. The van der Waals surface area contributed by atoms with Crippen LogP contribution in [0, 0.1) is 6.92 Å². The maximum atomic E-state index is 12.1. The van der Waals surface area contributed by atoms with E-state index in [1.165, 1.54) is 5.56 Å². The number of fused-ring (bicyclic) bond motifs is 1. The van der Waals surface area contributed by atoms with Gasteiger partial charge in [-0.15, -0.1) is 0 Å². The summed E-state index contributed by atoms with van der Waals surface area (Å²) in [5.74, 6) is 1.38. The zero-order valence-corrected chi connectivity index (χ0v) is 16.4. The van der Waals surface area contributed by atoms with Crippen molar-refractivity contribution >= 4 is 17.1 Å². The summed E-state index contributed by atoms with van der Waals surface area (Å²) in [6.07, 6.45) is 0.462. The molecule has 6 heteroatoms. The largest absolute Gasteiger partial charge is 0.450 e. The van der Waals surface area contributed by atoms with E-state index in [4.69, 9.17) is 14.5 Å². The third-order valence-corrected chi connectivity index (χ3v) is 5.07. The molecule has 2 atom stereocenters. The lowest BCUT2D eigenvalue weighted by molar-refractivity contribution is -0.00634. The second-order valence-electron chi connectivity index (χ2n) is 7.26. The van der Waals surface area contributed by atoms with Crippen LogP contribution >= 0.6 is 0 Å². The number of likely N-dealkylation sites (tertiary alicyclic amines) is 1. The van der Waals surface area contributed by atoms with Gasteiger partial charge in [0.15, 0.2) is 0 Å². The molecule has 1 unspecified atom stereocenters. The summed E-state index contributed by atoms with van der Waals surface area (Å²) < 4.78 is 13.3. The maximum Gasteiger partial charge on any atom is 0.409 e. The number of rotatable bonds is 4. The molecular weight excluding hydrogens is 330 g/mol. The third-order valence-electron chi connectivity index (χ3n) is 5.07. The summed E-state index contributed by atoms with van der Waals surface area (Å²) in [5, 5.41) is 0. The number of carbonyl (C=O) groups is 1. The van der Waals surface area contributed by atoms with Crippen molar-refractivity contribution in [1.82, 2.24) is 14.5 Å². The van der Waals surface area contributed by atoms with Gasteiger partial charge < -0.3 is 18.9 Å². The Hall–Kier alpha value is -2.08. The van der Waals surface area contributed by atoms with Gasteiger partial charge in [0.2, 0.25) is 0 Å². The molecule has 0 N–H and O–H groups in total. The topological polar surface area (TPSA) is 56.6 Å². The van der Waals surface area contributed by atoms with Crippen molar-refractivity contribution < 1.29 is 14.3 Å². The third kappa shape index (κ3) is 3.43. The number of ether oxygens (including phenoxy) is 2. The highest BCUT2D eigenvalue weighted by molar-refractivity contribution is 5.77. The molecule has 26 heavy (non-hydrogen) atoms. The molecule has 2 aromatic rings. The van der Waals surface area contributed by atoms with Gasteiger partial charge in [-0.3, -0.25) is 0 Å². The Kier molecular flexibility index (Phi) is 5.51. The van der Waals surface area contributed by atoms with Crippen LogP contribution < -0.4 is 0 Å². The zero-order chi connectivity index (χ0) is 18.8. The first-order valence-electron chi connectivity index (χ1n) is 9.39. The monoisotopic (exact) mass is 359 g/mol. The molecule has 142 valence electrons. The van der Waals surface area contributed by atoms with Crippen molar-refractivity contribution in [3.05, 3.63) is 29.6 Å². The fraction of sp³-hybridized carbons (Fsp3) is 0.600. The minimum absolute atomic E-state index is 0.0932. The Labute approximate surface area is 155 Å². The predicted molar refractivity (Wildman–Crippen MR) is 102 cm³/mol. The molecule has 0 spiro atoms. The number of methoxy groups -OCH3 is 1. The smallest absolute Gasteiger partial charge is 0.409 e. The predicted octanol–water partition coefficient (Wildman–Crippen LogP) is 3.89. The van der Waals surface area contributed by atoms with Gasteiger partial charge in [0.1, 0.15) is 5.82 Å². The van der Waals surface area contributed by atoms with E-state index in [1.54, 1.807) is 12.0 Å². The summed E-state index contributed by atoms with van der Waals surface area (Å²) in [7, 11) is 1.71. The molecule has 1 fully saturated rings. The van der Waals surface area contributed by atoms with Crippen molar-refractivity contribution in [2.75, 3.05) is 26.8 Å². The molecule has 0 saturated carbocycles. The summed E-state index contributed by atoms with van der Waals surface area (Å²) in [4.78, 5) is 18.8. The van der Waals surface area contributed by atoms with E-state index in [-0.39, 0.29) is 18.2 Å². The molecule has 1 aliphatic rings. The van der Waals surface area contributed by atoms with Crippen molar-refractivity contribution in [3.63, 3.8) is 0 Å². The molecule has 1 aromatic carbocycles. The normalized spacial score (nSPS) is 20.8. The van der Waals surface area contributed by atoms with E-state index in [1.807, 2.05) is 6.92 Å². The molecule has 0 radical (unpaired) electrons. The van der Waals surface area contributed by atoms with Gasteiger partial charge in [-0.05, 0) is 38.0 Å². The number of carbonyl (C=O) groups excluding carboxylic acids is 1. The number of imidazole rings is 1. The number of hydrogen-bond donors (Lipinski definition) is 0. The first-order chi connectivity index (χ1) is 12.5. The quantitative estimate of drug-likeness (QED) is 0.831. The first-order valence-corrected chi connectivity index (χ1v) is 9.39. The van der Waals surface area contributed by atoms with E-state index >= 15 is 0 Å². The molecule has 3 rings (SSSR count).